The summed E-state index contributed by atoms with van der Waals surface area (Å²) in [6.45, 7) is 6.91. The average molecular weight is 513 g/mol. The van der Waals surface area contributed by atoms with E-state index in [1.165, 1.54) is 22.3 Å². The van der Waals surface area contributed by atoms with Gasteiger partial charge in [-0.05, 0) is 30.5 Å². The molecule has 1 heterocycles. The number of carbonyl (C=O) groups is 3. The molecular weight excluding hydrogens is 483 g/mol. The van der Waals surface area contributed by atoms with E-state index in [-0.39, 0.29) is 47.2 Å². The number of aromatic nitrogens is 1. The summed E-state index contributed by atoms with van der Waals surface area (Å²) in [5.41, 5.74) is 0.877. The van der Waals surface area contributed by atoms with Crippen LogP contribution in [0.5, 0.6) is 0 Å². The van der Waals surface area contributed by atoms with Crippen LogP contribution in [-0.4, -0.2) is 47.2 Å². The molecule has 2 rings (SSSR count). The maximum absolute atomic E-state index is 13.0. The fraction of sp³-hybridized carbons (Fsp3) is 0.478. The summed E-state index contributed by atoms with van der Waals surface area (Å²) in [5.74, 6) is -0.669. The summed E-state index contributed by atoms with van der Waals surface area (Å²) in [4.78, 5) is 43.4. The Balaban J connectivity index is 1.96. The van der Waals surface area contributed by atoms with Crippen LogP contribution in [0.1, 0.15) is 56.1 Å². The Morgan fingerprint density at radius 1 is 1.15 bits per heavy atom. The van der Waals surface area contributed by atoms with Gasteiger partial charge in [0.05, 0.1) is 22.7 Å². The Hall–Kier alpha value is -2.16. The predicted molar refractivity (Wildman–Crippen MR) is 134 cm³/mol. The summed E-state index contributed by atoms with van der Waals surface area (Å²) in [5, 5.41) is 8.38. The van der Waals surface area contributed by atoms with Crippen molar-refractivity contribution in [1.29, 1.82) is 0 Å². The van der Waals surface area contributed by atoms with Crippen LogP contribution in [0.4, 0.5) is 5.13 Å². The molecule has 0 unspecified atom stereocenters. The lowest BCUT2D eigenvalue weighted by Gasteiger charge is -2.24. The Labute approximate surface area is 208 Å². The van der Waals surface area contributed by atoms with Gasteiger partial charge in [-0.15, -0.1) is 11.3 Å². The predicted octanol–water partition coefficient (Wildman–Crippen LogP) is 5.04. The monoisotopic (exact) mass is 512 g/mol. The van der Waals surface area contributed by atoms with E-state index in [1.54, 1.807) is 17.5 Å². The second-order valence-electron chi connectivity index (χ2n) is 8.13. The largest absolute Gasteiger partial charge is 0.356 e. The van der Waals surface area contributed by atoms with Crippen molar-refractivity contribution in [2.24, 2.45) is 5.92 Å². The van der Waals surface area contributed by atoms with Crippen LogP contribution in [0, 0.1) is 5.92 Å². The molecule has 1 aromatic heterocycles. The van der Waals surface area contributed by atoms with Crippen molar-refractivity contribution in [3.05, 3.63) is 44.9 Å². The Morgan fingerprint density at radius 2 is 1.91 bits per heavy atom. The Morgan fingerprint density at radius 3 is 2.58 bits per heavy atom. The third-order valence-corrected chi connectivity index (χ3v) is 5.97. The number of thiazole rings is 1. The molecule has 10 heteroatoms. The number of unbranched alkanes of at least 4 members (excludes halogenated alkanes) is 2. The van der Waals surface area contributed by atoms with Crippen molar-refractivity contribution in [2.45, 2.75) is 46.5 Å². The van der Waals surface area contributed by atoms with Crippen LogP contribution in [0.25, 0.3) is 0 Å². The molecule has 0 saturated carbocycles. The topological polar surface area (TPSA) is 91.4 Å². The number of amides is 3. The summed E-state index contributed by atoms with van der Waals surface area (Å²) < 4.78 is 0. The van der Waals surface area contributed by atoms with Gasteiger partial charge >= 0.3 is 0 Å². The quantitative estimate of drug-likeness (QED) is 0.389. The van der Waals surface area contributed by atoms with Crippen molar-refractivity contribution in [2.75, 3.05) is 25.0 Å². The van der Waals surface area contributed by atoms with E-state index in [4.69, 9.17) is 23.2 Å². The summed E-state index contributed by atoms with van der Waals surface area (Å²) >= 11 is 13.4. The lowest BCUT2D eigenvalue weighted by atomic mass is 10.1. The van der Waals surface area contributed by atoms with E-state index < -0.39 is 0 Å². The Bertz CT molecular complexity index is 965. The normalized spacial score (nSPS) is 10.8. The van der Waals surface area contributed by atoms with Gasteiger partial charge in [0.1, 0.15) is 6.54 Å². The van der Waals surface area contributed by atoms with Gasteiger partial charge < -0.3 is 15.5 Å². The molecule has 0 aliphatic carbocycles. The number of nitrogens with zero attached hydrogens (tertiary/aromatic N) is 2. The maximum Gasteiger partial charge on any atom is 0.255 e. The van der Waals surface area contributed by atoms with Crippen LogP contribution < -0.4 is 10.6 Å². The van der Waals surface area contributed by atoms with Gasteiger partial charge in [-0.3, -0.25) is 14.4 Å². The number of nitrogens with one attached hydrogen (secondary N) is 2. The molecule has 0 aliphatic heterocycles. The molecule has 0 atom stereocenters. The van der Waals surface area contributed by atoms with E-state index in [0.29, 0.717) is 28.9 Å². The highest BCUT2D eigenvalue weighted by Crippen LogP contribution is 2.23. The first-order chi connectivity index (χ1) is 15.7. The lowest BCUT2D eigenvalue weighted by molar-refractivity contribution is -0.120. The number of rotatable bonds is 12. The zero-order valence-corrected chi connectivity index (χ0v) is 21.4. The number of benzene rings is 1. The number of carbonyl (C=O) groups excluding carboxylic acids is 3. The molecule has 33 heavy (non-hydrogen) atoms. The second kappa shape index (κ2) is 13.5. The minimum atomic E-state index is -0.376. The molecule has 3 amide bonds. The molecule has 2 N–H and O–H groups in total. The van der Waals surface area contributed by atoms with Gasteiger partial charge in [-0.25, -0.2) is 4.98 Å². The van der Waals surface area contributed by atoms with Gasteiger partial charge in [-0.2, -0.15) is 0 Å². The molecule has 1 aromatic carbocycles. The average Bonchev–Trinajstić information content (AvgIpc) is 3.16. The third kappa shape index (κ3) is 9.31. The van der Waals surface area contributed by atoms with E-state index >= 15 is 0 Å². The number of hydrogen-bond donors (Lipinski definition) is 2. The van der Waals surface area contributed by atoms with Crippen molar-refractivity contribution in [3.63, 3.8) is 0 Å². The minimum Gasteiger partial charge on any atom is -0.356 e. The molecule has 0 radical (unpaired) electrons. The highest BCUT2D eigenvalue weighted by molar-refractivity contribution is 7.13. The fourth-order valence-electron chi connectivity index (χ4n) is 3.10. The molecule has 0 aliphatic rings. The molecule has 180 valence electrons. The molecule has 2 aromatic rings. The summed E-state index contributed by atoms with van der Waals surface area (Å²) in [6.07, 6.45) is 3.28. The van der Waals surface area contributed by atoms with E-state index in [0.717, 1.165) is 19.3 Å². The van der Waals surface area contributed by atoms with Crippen LogP contribution in [0.3, 0.4) is 0 Å². The highest BCUT2D eigenvalue weighted by atomic mass is 35.5. The number of hydrogen-bond acceptors (Lipinski definition) is 5. The number of halogens is 2. The zero-order chi connectivity index (χ0) is 24.4. The standard InChI is InChI=1S/C23H30Cl2N4O3S/c1-4-5-6-9-26-20(30)11-17-14-33-23(27-17)28-21(31)13-29(12-15(2)3)22(32)18-8-7-16(24)10-19(18)25/h7-8,10,14-15H,4-6,9,11-13H2,1-3H3,(H,26,30)(H,27,28,31). The van der Waals surface area contributed by atoms with E-state index in [2.05, 4.69) is 22.5 Å². The van der Waals surface area contributed by atoms with Crippen molar-refractivity contribution in [1.82, 2.24) is 15.2 Å². The molecule has 0 bridgehead atoms. The zero-order valence-electron chi connectivity index (χ0n) is 19.1. The molecule has 0 saturated heterocycles. The smallest absolute Gasteiger partial charge is 0.255 e. The van der Waals surface area contributed by atoms with Crippen molar-refractivity contribution < 1.29 is 14.4 Å². The van der Waals surface area contributed by atoms with Crippen LogP contribution in [0.15, 0.2) is 23.6 Å². The van der Waals surface area contributed by atoms with E-state index in [9.17, 15) is 14.4 Å². The number of anilines is 1. The summed E-state index contributed by atoms with van der Waals surface area (Å²) in [7, 11) is 0. The van der Waals surface area contributed by atoms with Gasteiger partial charge in [0.25, 0.3) is 5.91 Å². The Kier molecular flexibility index (Phi) is 11.1. The summed E-state index contributed by atoms with van der Waals surface area (Å²) in [6, 6.07) is 4.64. The molecule has 0 fully saturated rings. The second-order valence-corrected chi connectivity index (χ2v) is 9.83. The SMILES string of the molecule is CCCCCNC(=O)Cc1csc(NC(=O)CN(CC(C)C)C(=O)c2ccc(Cl)cc2Cl)n1. The highest BCUT2D eigenvalue weighted by Gasteiger charge is 2.22. The van der Waals surface area contributed by atoms with Crippen LogP contribution >= 0.6 is 34.5 Å². The van der Waals surface area contributed by atoms with Crippen LogP contribution in [0.2, 0.25) is 10.0 Å². The third-order valence-electron chi connectivity index (χ3n) is 4.61. The van der Waals surface area contributed by atoms with Gasteiger partial charge in [0, 0.05) is 23.5 Å². The first kappa shape index (κ1) is 27.1. The van der Waals surface area contributed by atoms with Gasteiger partial charge in [-0.1, -0.05) is 56.8 Å². The maximum atomic E-state index is 13.0. The van der Waals surface area contributed by atoms with Gasteiger partial charge in [0.2, 0.25) is 11.8 Å². The molecule has 7 nitrogen and oxygen atoms in total. The minimum absolute atomic E-state index is 0.0946. The first-order valence-electron chi connectivity index (χ1n) is 10.9. The van der Waals surface area contributed by atoms with Crippen LogP contribution in [-0.2, 0) is 16.0 Å². The van der Waals surface area contributed by atoms with Crippen molar-refractivity contribution >= 4 is 57.4 Å². The molecule has 0 spiro atoms. The molecular formula is C23H30Cl2N4O3S. The van der Waals surface area contributed by atoms with Crippen molar-refractivity contribution in [3.8, 4) is 0 Å². The van der Waals surface area contributed by atoms with E-state index in [1.807, 2.05) is 13.8 Å². The lowest BCUT2D eigenvalue weighted by Crippen LogP contribution is -2.40. The van der Waals surface area contributed by atoms with Gasteiger partial charge in [0.15, 0.2) is 5.13 Å². The fourth-order valence-corrected chi connectivity index (χ4v) is 4.32. The first-order valence-corrected chi connectivity index (χ1v) is 12.6.